The van der Waals surface area contributed by atoms with Gasteiger partial charge in [-0.25, -0.2) is 4.79 Å². The molecule has 2 nitrogen and oxygen atoms in total. The summed E-state index contributed by atoms with van der Waals surface area (Å²) in [5, 5.41) is 11.2. The van der Waals surface area contributed by atoms with Gasteiger partial charge in [-0.1, -0.05) is 30.3 Å². The Morgan fingerprint density at radius 2 is 1.94 bits per heavy atom. The molecule has 1 heterocycles. The SMILES string of the molecule is O=C(O)/C(=C/c1sccc1Br)c1ccccc1. The van der Waals surface area contributed by atoms with Gasteiger partial charge >= 0.3 is 5.97 Å². The van der Waals surface area contributed by atoms with Crippen LogP contribution in [0, 0.1) is 0 Å². The minimum absolute atomic E-state index is 0.300. The van der Waals surface area contributed by atoms with Gasteiger partial charge < -0.3 is 5.11 Å². The number of carboxylic acid groups (broad SMARTS) is 1. The molecule has 0 atom stereocenters. The van der Waals surface area contributed by atoms with Gasteiger partial charge in [0.05, 0.1) is 5.57 Å². The first-order valence-electron chi connectivity index (χ1n) is 4.92. The number of rotatable bonds is 3. The third-order valence-electron chi connectivity index (χ3n) is 2.24. The highest BCUT2D eigenvalue weighted by atomic mass is 79.9. The number of halogens is 1. The third-order valence-corrected chi connectivity index (χ3v) is 4.05. The molecule has 2 aromatic rings. The van der Waals surface area contributed by atoms with Crippen molar-refractivity contribution in [3.8, 4) is 0 Å². The monoisotopic (exact) mass is 308 g/mol. The number of carboxylic acids is 1. The molecular formula is C13H9BrO2S. The maximum absolute atomic E-state index is 11.3. The summed E-state index contributed by atoms with van der Waals surface area (Å²) < 4.78 is 0.914. The van der Waals surface area contributed by atoms with Crippen LogP contribution in [0.15, 0.2) is 46.3 Å². The lowest BCUT2D eigenvalue weighted by Gasteiger charge is -2.01. The summed E-state index contributed by atoms with van der Waals surface area (Å²) >= 11 is 4.89. The topological polar surface area (TPSA) is 37.3 Å². The molecular weight excluding hydrogens is 300 g/mol. The minimum Gasteiger partial charge on any atom is -0.478 e. The lowest BCUT2D eigenvalue weighted by molar-refractivity contribution is -0.130. The van der Waals surface area contributed by atoms with Gasteiger partial charge in [-0.15, -0.1) is 11.3 Å². The van der Waals surface area contributed by atoms with Crippen LogP contribution < -0.4 is 0 Å². The highest BCUT2D eigenvalue weighted by molar-refractivity contribution is 9.10. The fraction of sp³-hybridized carbons (Fsp3) is 0. The maximum atomic E-state index is 11.3. The van der Waals surface area contributed by atoms with E-state index in [2.05, 4.69) is 15.9 Å². The van der Waals surface area contributed by atoms with Crippen LogP contribution in [0.2, 0.25) is 0 Å². The first-order chi connectivity index (χ1) is 8.18. The molecule has 0 bridgehead atoms. The second-order valence-corrected chi connectivity index (χ2v) is 5.16. The van der Waals surface area contributed by atoms with E-state index in [1.165, 1.54) is 11.3 Å². The number of carbonyl (C=O) groups is 1. The number of hydrogen-bond donors (Lipinski definition) is 1. The van der Waals surface area contributed by atoms with Crippen LogP contribution in [0.4, 0.5) is 0 Å². The van der Waals surface area contributed by atoms with Gasteiger partial charge in [0.15, 0.2) is 0 Å². The van der Waals surface area contributed by atoms with E-state index in [0.717, 1.165) is 9.35 Å². The van der Waals surface area contributed by atoms with Crippen molar-refractivity contribution >= 4 is 44.9 Å². The van der Waals surface area contributed by atoms with E-state index < -0.39 is 5.97 Å². The van der Waals surface area contributed by atoms with E-state index in [1.807, 2.05) is 29.6 Å². The number of aliphatic carboxylic acids is 1. The van der Waals surface area contributed by atoms with Crippen molar-refractivity contribution in [1.82, 2.24) is 0 Å². The summed E-state index contributed by atoms with van der Waals surface area (Å²) in [7, 11) is 0. The Balaban J connectivity index is 2.47. The molecule has 1 aromatic carbocycles. The molecule has 0 aliphatic rings. The van der Waals surface area contributed by atoms with Crippen molar-refractivity contribution in [3.05, 3.63) is 56.7 Å². The Kier molecular flexibility index (Phi) is 3.76. The molecule has 0 amide bonds. The standard InChI is InChI=1S/C13H9BrO2S/c14-11-6-7-17-12(11)8-10(13(15)16)9-4-2-1-3-5-9/h1-8H,(H,15,16)/b10-8+. The molecule has 0 saturated heterocycles. The molecule has 86 valence electrons. The van der Waals surface area contributed by atoms with Crippen molar-refractivity contribution in [3.63, 3.8) is 0 Å². The average Bonchev–Trinajstić information content (AvgIpc) is 2.72. The zero-order chi connectivity index (χ0) is 12.3. The maximum Gasteiger partial charge on any atom is 0.336 e. The molecule has 0 spiro atoms. The quantitative estimate of drug-likeness (QED) is 0.865. The van der Waals surface area contributed by atoms with Gasteiger partial charge in [0.1, 0.15) is 0 Å². The highest BCUT2D eigenvalue weighted by Gasteiger charge is 2.11. The second-order valence-electron chi connectivity index (χ2n) is 3.36. The van der Waals surface area contributed by atoms with Crippen LogP contribution >= 0.6 is 27.3 Å². The molecule has 0 unspecified atom stereocenters. The van der Waals surface area contributed by atoms with Crippen LogP contribution in [0.3, 0.4) is 0 Å². The van der Waals surface area contributed by atoms with Crippen LogP contribution in [0.1, 0.15) is 10.4 Å². The van der Waals surface area contributed by atoms with Crippen LogP contribution in [-0.2, 0) is 4.79 Å². The van der Waals surface area contributed by atoms with E-state index in [0.29, 0.717) is 11.1 Å². The average molecular weight is 309 g/mol. The molecule has 0 radical (unpaired) electrons. The van der Waals surface area contributed by atoms with Crippen molar-refractivity contribution in [1.29, 1.82) is 0 Å². The Bertz CT molecular complexity index is 558. The lowest BCUT2D eigenvalue weighted by Crippen LogP contribution is -1.99. The molecule has 0 aliphatic carbocycles. The molecule has 0 aliphatic heterocycles. The zero-order valence-corrected chi connectivity index (χ0v) is 11.2. The van der Waals surface area contributed by atoms with Gasteiger partial charge in [-0.05, 0) is 39.0 Å². The Labute approximate surface area is 111 Å². The normalized spacial score (nSPS) is 11.5. The smallest absolute Gasteiger partial charge is 0.336 e. The predicted octanol–water partition coefficient (Wildman–Crippen LogP) is 4.14. The summed E-state index contributed by atoms with van der Waals surface area (Å²) in [6.45, 7) is 0. The van der Waals surface area contributed by atoms with E-state index in [4.69, 9.17) is 0 Å². The Morgan fingerprint density at radius 1 is 1.24 bits per heavy atom. The van der Waals surface area contributed by atoms with Crippen LogP contribution in [-0.4, -0.2) is 11.1 Å². The molecule has 17 heavy (non-hydrogen) atoms. The zero-order valence-electron chi connectivity index (χ0n) is 8.76. The van der Waals surface area contributed by atoms with E-state index >= 15 is 0 Å². The third kappa shape index (κ3) is 2.84. The summed E-state index contributed by atoms with van der Waals surface area (Å²) in [4.78, 5) is 12.2. The van der Waals surface area contributed by atoms with E-state index in [9.17, 15) is 9.90 Å². The molecule has 0 saturated carbocycles. The van der Waals surface area contributed by atoms with Gasteiger partial charge in [0, 0.05) is 9.35 Å². The predicted molar refractivity (Wildman–Crippen MR) is 74.0 cm³/mol. The number of hydrogen-bond acceptors (Lipinski definition) is 2. The Morgan fingerprint density at radius 3 is 2.47 bits per heavy atom. The van der Waals surface area contributed by atoms with E-state index in [1.54, 1.807) is 18.2 Å². The molecule has 4 heteroatoms. The number of benzene rings is 1. The van der Waals surface area contributed by atoms with Crippen LogP contribution in [0.25, 0.3) is 11.6 Å². The van der Waals surface area contributed by atoms with Crippen LogP contribution in [0.5, 0.6) is 0 Å². The first-order valence-corrected chi connectivity index (χ1v) is 6.59. The fourth-order valence-corrected chi connectivity index (χ4v) is 2.85. The molecule has 2 rings (SSSR count). The van der Waals surface area contributed by atoms with Gasteiger partial charge in [0.2, 0.25) is 0 Å². The van der Waals surface area contributed by atoms with Gasteiger partial charge in [-0.2, -0.15) is 0 Å². The van der Waals surface area contributed by atoms with Crippen molar-refractivity contribution < 1.29 is 9.90 Å². The van der Waals surface area contributed by atoms with Gasteiger partial charge in [0.25, 0.3) is 0 Å². The Hall–Kier alpha value is -1.39. The molecule has 1 aromatic heterocycles. The number of thiophene rings is 1. The summed E-state index contributed by atoms with van der Waals surface area (Å²) in [5.74, 6) is -0.920. The van der Waals surface area contributed by atoms with Crippen molar-refractivity contribution in [2.75, 3.05) is 0 Å². The van der Waals surface area contributed by atoms with Crippen molar-refractivity contribution in [2.45, 2.75) is 0 Å². The largest absolute Gasteiger partial charge is 0.478 e. The summed E-state index contributed by atoms with van der Waals surface area (Å²) in [6.07, 6.45) is 1.69. The first kappa shape index (κ1) is 12.1. The molecule has 1 N–H and O–H groups in total. The van der Waals surface area contributed by atoms with E-state index in [-0.39, 0.29) is 0 Å². The second kappa shape index (κ2) is 5.29. The fourth-order valence-electron chi connectivity index (χ4n) is 1.43. The summed E-state index contributed by atoms with van der Waals surface area (Å²) in [5.41, 5.74) is 1.01. The summed E-state index contributed by atoms with van der Waals surface area (Å²) in [6, 6.07) is 11.0. The van der Waals surface area contributed by atoms with Gasteiger partial charge in [-0.3, -0.25) is 0 Å². The lowest BCUT2D eigenvalue weighted by atomic mass is 10.1. The highest BCUT2D eigenvalue weighted by Crippen LogP contribution is 2.28. The molecule has 0 fully saturated rings. The van der Waals surface area contributed by atoms with Crippen molar-refractivity contribution in [2.24, 2.45) is 0 Å². The minimum atomic E-state index is -0.920.